The second-order valence-corrected chi connectivity index (χ2v) is 10.0. The molecule has 5 rings (SSSR count). The Balaban J connectivity index is 1.58. The summed E-state index contributed by atoms with van der Waals surface area (Å²) in [7, 11) is 1.76. The van der Waals surface area contributed by atoms with Crippen LogP contribution in [0.5, 0.6) is 0 Å². The van der Waals surface area contributed by atoms with Crippen molar-refractivity contribution in [2.24, 2.45) is 16.7 Å². The van der Waals surface area contributed by atoms with Crippen LogP contribution in [0.1, 0.15) is 36.2 Å². The summed E-state index contributed by atoms with van der Waals surface area (Å²) in [6.45, 7) is 8.92. The number of nitrogens with zero attached hydrogens (tertiary/aromatic N) is 3. The average Bonchev–Trinajstić information content (AvgIpc) is 3.08. The zero-order chi connectivity index (χ0) is 21.8. The van der Waals surface area contributed by atoms with Crippen molar-refractivity contribution in [1.82, 2.24) is 14.9 Å². The Labute approximate surface area is 183 Å². The van der Waals surface area contributed by atoms with Gasteiger partial charge < -0.3 is 9.64 Å². The first kappa shape index (κ1) is 20.1. The summed E-state index contributed by atoms with van der Waals surface area (Å²) in [6, 6.07) is 11.9. The Bertz CT molecular complexity index is 1160. The van der Waals surface area contributed by atoms with Crippen LogP contribution in [0.2, 0.25) is 0 Å². The molecule has 0 unspecified atom stereocenters. The molecule has 0 bridgehead atoms. The van der Waals surface area contributed by atoms with E-state index < -0.39 is 0 Å². The molecule has 1 aliphatic heterocycles. The van der Waals surface area contributed by atoms with Gasteiger partial charge in [0.2, 0.25) is 0 Å². The number of ether oxygens (including phenoxy) is 1. The molecular weight excluding hydrogens is 386 g/mol. The number of hydrogen-bond acceptors (Lipinski definition) is 4. The summed E-state index contributed by atoms with van der Waals surface area (Å²) in [5.41, 5.74) is 4.70. The predicted molar refractivity (Wildman–Crippen MR) is 122 cm³/mol. The third-order valence-electron chi connectivity index (χ3n) is 7.27. The Hall–Kier alpha value is -2.79. The summed E-state index contributed by atoms with van der Waals surface area (Å²) in [4.78, 5) is 25.0. The van der Waals surface area contributed by atoms with Gasteiger partial charge in [0, 0.05) is 49.0 Å². The van der Waals surface area contributed by atoms with Gasteiger partial charge in [-0.1, -0.05) is 25.5 Å². The third kappa shape index (κ3) is 3.23. The highest BCUT2D eigenvalue weighted by atomic mass is 16.5. The van der Waals surface area contributed by atoms with Crippen LogP contribution in [0, 0.1) is 23.7 Å². The van der Waals surface area contributed by atoms with E-state index in [1.165, 1.54) is 0 Å². The monoisotopic (exact) mass is 415 g/mol. The molecule has 3 heterocycles. The number of pyridine rings is 2. The summed E-state index contributed by atoms with van der Waals surface area (Å²) in [6.07, 6.45) is 4.64. The molecule has 2 aromatic heterocycles. The van der Waals surface area contributed by atoms with E-state index in [0.29, 0.717) is 12.5 Å². The van der Waals surface area contributed by atoms with Gasteiger partial charge in [0.25, 0.3) is 5.91 Å². The molecule has 1 saturated heterocycles. The maximum atomic E-state index is 13.9. The van der Waals surface area contributed by atoms with Crippen LogP contribution in [0.25, 0.3) is 22.2 Å². The molecule has 2 aliphatic rings. The molecule has 1 saturated carbocycles. The molecule has 0 N–H and O–H groups in total. The van der Waals surface area contributed by atoms with Crippen LogP contribution in [0.4, 0.5) is 0 Å². The second-order valence-electron chi connectivity index (χ2n) is 10.0. The fourth-order valence-corrected chi connectivity index (χ4v) is 6.11. The smallest absolute Gasteiger partial charge is 0.254 e. The van der Waals surface area contributed by atoms with Crippen molar-refractivity contribution in [3.05, 3.63) is 59.9 Å². The van der Waals surface area contributed by atoms with Crippen LogP contribution in [0.15, 0.2) is 48.8 Å². The van der Waals surface area contributed by atoms with Gasteiger partial charge in [0.1, 0.15) is 0 Å². The van der Waals surface area contributed by atoms with Crippen molar-refractivity contribution in [3.8, 4) is 11.3 Å². The summed E-state index contributed by atoms with van der Waals surface area (Å²) in [5.74, 6) is 0.556. The molecule has 160 valence electrons. The Morgan fingerprint density at radius 1 is 1.26 bits per heavy atom. The third-order valence-corrected chi connectivity index (χ3v) is 7.27. The molecule has 3 aromatic rings. The lowest BCUT2D eigenvalue weighted by molar-refractivity contribution is -0.107. The number of rotatable bonds is 4. The minimum Gasteiger partial charge on any atom is -0.384 e. The van der Waals surface area contributed by atoms with Gasteiger partial charge >= 0.3 is 0 Å². The van der Waals surface area contributed by atoms with Gasteiger partial charge in [0.05, 0.1) is 23.4 Å². The van der Waals surface area contributed by atoms with Crippen molar-refractivity contribution in [3.63, 3.8) is 0 Å². The van der Waals surface area contributed by atoms with E-state index in [0.717, 1.165) is 52.8 Å². The van der Waals surface area contributed by atoms with Crippen molar-refractivity contribution in [1.29, 1.82) is 0 Å². The highest BCUT2D eigenvalue weighted by Gasteiger charge is 2.63. The van der Waals surface area contributed by atoms with E-state index in [9.17, 15) is 4.79 Å². The number of benzene rings is 1. The molecule has 1 amide bonds. The predicted octanol–water partition coefficient (Wildman–Crippen LogP) is 4.74. The maximum Gasteiger partial charge on any atom is 0.254 e. The number of methoxy groups -OCH3 is 1. The molecular formula is C26H29N3O2. The normalized spacial score (nSPS) is 24.1. The van der Waals surface area contributed by atoms with E-state index in [1.807, 2.05) is 35.2 Å². The number of amides is 1. The Morgan fingerprint density at radius 2 is 2.10 bits per heavy atom. The van der Waals surface area contributed by atoms with Crippen molar-refractivity contribution < 1.29 is 9.53 Å². The molecule has 0 radical (unpaired) electrons. The topological polar surface area (TPSA) is 55.3 Å². The molecule has 0 spiro atoms. The van der Waals surface area contributed by atoms with Gasteiger partial charge in [-0.05, 0) is 55.0 Å². The van der Waals surface area contributed by atoms with E-state index in [-0.39, 0.29) is 16.7 Å². The van der Waals surface area contributed by atoms with Crippen molar-refractivity contribution >= 4 is 16.8 Å². The Morgan fingerprint density at radius 3 is 2.81 bits per heavy atom. The van der Waals surface area contributed by atoms with E-state index in [2.05, 4.69) is 31.8 Å². The lowest BCUT2D eigenvalue weighted by Gasteiger charge is -2.56. The standard InChI is InChI=1S/C26H29N3O2/c1-17-7-8-21-19(10-17)20(11-22(28-21)18-6-5-9-27-12-18)24(30)29-13-23-25(2,3)14-26(23,15-29)16-31-4/h5-12,23H,13-16H2,1-4H3/t23-,26-/m1/s1. The van der Waals surface area contributed by atoms with Gasteiger partial charge in [-0.15, -0.1) is 0 Å². The zero-order valence-electron chi connectivity index (χ0n) is 18.7. The first-order valence-corrected chi connectivity index (χ1v) is 10.9. The number of aromatic nitrogens is 2. The van der Waals surface area contributed by atoms with Crippen LogP contribution in [-0.4, -0.2) is 47.6 Å². The number of fused-ring (bicyclic) bond motifs is 2. The van der Waals surface area contributed by atoms with E-state index in [1.54, 1.807) is 19.5 Å². The van der Waals surface area contributed by atoms with Crippen LogP contribution < -0.4 is 0 Å². The number of hydrogen-bond donors (Lipinski definition) is 0. The lowest BCUT2D eigenvalue weighted by atomic mass is 9.48. The highest BCUT2D eigenvalue weighted by molar-refractivity contribution is 6.07. The highest BCUT2D eigenvalue weighted by Crippen LogP contribution is 2.62. The van der Waals surface area contributed by atoms with Gasteiger partial charge in [-0.2, -0.15) is 0 Å². The summed E-state index contributed by atoms with van der Waals surface area (Å²) in [5, 5.41) is 0.914. The summed E-state index contributed by atoms with van der Waals surface area (Å²) >= 11 is 0. The van der Waals surface area contributed by atoms with Crippen LogP contribution in [-0.2, 0) is 4.74 Å². The van der Waals surface area contributed by atoms with Crippen LogP contribution in [0.3, 0.4) is 0 Å². The quantitative estimate of drug-likeness (QED) is 0.618. The number of carbonyl (C=O) groups excluding carboxylic acids is 1. The Kier molecular flexibility index (Phi) is 4.63. The summed E-state index contributed by atoms with van der Waals surface area (Å²) < 4.78 is 5.59. The van der Waals surface area contributed by atoms with Gasteiger partial charge in [-0.3, -0.25) is 9.78 Å². The first-order valence-electron chi connectivity index (χ1n) is 10.9. The number of aryl methyl sites for hydroxylation is 1. The molecule has 1 aromatic carbocycles. The fraction of sp³-hybridized carbons (Fsp3) is 0.423. The molecule has 31 heavy (non-hydrogen) atoms. The van der Waals surface area contributed by atoms with E-state index >= 15 is 0 Å². The number of carbonyl (C=O) groups is 1. The zero-order valence-corrected chi connectivity index (χ0v) is 18.7. The molecule has 2 fully saturated rings. The first-order chi connectivity index (χ1) is 14.8. The molecule has 2 atom stereocenters. The lowest BCUT2D eigenvalue weighted by Crippen LogP contribution is -2.55. The van der Waals surface area contributed by atoms with Gasteiger partial charge in [0.15, 0.2) is 0 Å². The fourth-order valence-electron chi connectivity index (χ4n) is 6.11. The SMILES string of the molecule is COC[C@@]12CN(C(=O)c3cc(-c4cccnc4)nc4ccc(C)cc34)C[C@@H]1C(C)(C)C2. The molecule has 5 heteroatoms. The van der Waals surface area contributed by atoms with Crippen molar-refractivity contribution in [2.45, 2.75) is 27.2 Å². The van der Waals surface area contributed by atoms with Crippen LogP contribution >= 0.6 is 0 Å². The minimum atomic E-state index is 0.0822. The average molecular weight is 416 g/mol. The van der Waals surface area contributed by atoms with E-state index in [4.69, 9.17) is 9.72 Å². The minimum absolute atomic E-state index is 0.0822. The second kappa shape index (κ2) is 7.13. The van der Waals surface area contributed by atoms with Crippen molar-refractivity contribution in [2.75, 3.05) is 26.8 Å². The number of likely N-dealkylation sites (tertiary alicyclic amines) is 1. The largest absolute Gasteiger partial charge is 0.384 e. The maximum absolute atomic E-state index is 13.9. The van der Waals surface area contributed by atoms with Gasteiger partial charge in [-0.25, -0.2) is 4.98 Å². The molecule has 5 nitrogen and oxygen atoms in total. The molecule has 1 aliphatic carbocycles.